The SMILES string of the molecule is CC(=O)c1ccc(S(=O)(=O)N2CCC(C(=O)Oc3ccc(C(C)(C)C)cc3C)CC2)cc1. The topological polar surface area (TPSA) is 80.8 Å². The predicted molar refractivity (Wildman–Crippen MR) is 123 cm³/mol. The fraction of sp³-hybridized carbons (Fsp3) is 0.440. The van der Waals surface area contributed by atoms with Crippen LogP contribution in [0.25, 0.3) is 0 Å². The second-order valence-corrected chi connectivity index (χ2v) is 11.3. The minimum atomic E-state index is -3.67. The molecular weight excluding hydrogens is 426 g/mol. The molecule has 0 aromatic heterocycles. The molecule has 0 bridgehead atoms. The van der Waals surface area contributed by atoms with Crippen LogP contribution >= 0.6 is 0 Å². The van der Waals surface area contributed by atoms with Crippen LogP contribution in [-0.2, 0) is 20.2 Å². The van der Waals surface area contributed by atoms with E-state index in [1.54, 1.807) is 0 Å². The van der Waals surface area contributed by atoms with Gasteiger partial charge in [0.1, 0.15) is 5.75 Å². The number of hydrogen-bond donors (Lipinski definition) is 0. The fourth-order valence-electron chi connectivity index (χ4n) is 3.76. The number of benzene rings is 2. The van der Waals surface area contributed by atoms with Crippen LogP contribution in [0.2, 0.25) is 0 Å². The van der Waals surface area contributed by atoms with E-state index in [1.165, 1.54) is 41.1 Å². The first-order valence-electron chi connectivity index (χ1n) is 10.8. The van der Waals surface area contributed by atoms with Gasteiger partial charge in [0.2, 0.25) is 10.0 Å². The largest absolute Gasteiger partial charge is 0.426 e. The number of esters is 1. The van der Waals surface area contributed by atoms with Gasteiger partial charge >= 0.3 is 5.97 Å². The third kappa shape index (κ3) is 5.27. The summed E-state index contributed by atoms with van der Waals surface area (Å²) in [6, 6.07) is 11.8. The molecular formula is C25H31NO5S. The average Bonchev–Trinajstić information content (AvgIpc) is 2.74. The number of rotatable bonds is 5. The molecule has 0 aliphatic carbocycles. The molecule has 1 heterocycles. The molecule has 1 aliphatic rings. The van der Waals surface area contributed by atoms with Gasteiger partial charge in [-0.25, -0.2) is 8.42 Å². The maximum absolute atomic E-state index is 12.9. The Morgan fingerprint density at radius 3 is 2.09 bits per heavy atom. The molecule has 1 aliphatic heterocycles. The van der Waals surface area contributed by atoms with E-state index in [-0.39, 0.29) is 41.1 Å². The molecule has 0 unspecified atom stereocenters. The fourth-order valence-corrected chi connectivity index (χ4v) is 5.23. The molecule has 2 aromatic carbocycles. The van der Waals surface area contributed by atoms with Crippen LogP contribution in [0.3, 0.4) is 0 Å². The van der Waals surface area contributed by atoms with E-state index >= 15 is 0 Å². The zero-order chi connectivity index (χ0) is 23.7. The molecule has 32 heavy (non-hydrogen) atoms. The van der Waals surface area contributed by atoms with Gasteiger partial charge in [0.15, 0.2) is 5.78 Å². The van der Waals surface area contributed by atoms with E-state index in [1.807, 2.05) is 25.1 Å². The monoisotopic (exact) mass is 457 g/mol. The summed E-state index contributed by atoms with van der Waals surface area (Å²) < 4.78 is 32.9. The minimum Gasteiger partial charge on any atom is -0.426 e. The van der Waals surface area contributed by atoms with Gasteiger partial charge in [-0.1, -0.05) is 45.0 Å². The van der Waals surface area contributed by atoms with E-state index < -0.39 is 10.0 Å². The molecule has 172 valence electrons. The van der Waals surface area contributed by atoms with E-state index in [4.69, 9.17) is 4.74 Å². The van der Waals surface area contributed by atoms with E-state index in [0.29, 0.717) is 24.2 Å². The standard InChI is InChI=1S/C25H31NO5S/c1-17-16-21(25(3,4)5)8-11-23(17)31-24(28)20-12-14-26(15-13-20)32(29,30)22-9-6-19(7-10-22)18(2)27/h6-11,16,20H,12-15H2,1-5H3. The Morgan fingerprint density at radius 1 is 1.00 bits per heavy atom. The van der Waals surface area contributed by atoms with Crippen molar-refractivity contribution in [2.24, 2.45) is 5.92 Å². The molecule has 1 fully saturated rings. The van der Waals surface area contributed by atoms with Gasteiger partial charge in [-0.3, -0.25) is 9.59 Å². The number of hydrogen-bond acceptors (Lipinski definition) is 5. The highest BCUT2D eigenvalue weighted by atomic mass is 32.2. The molecule has 0 radical (unpaired) electrons. The average molecular weight is 458 g/mol. The summed E-state index contributed by atoms with van der Waals surface area (Å²) in [5, 5.41) is 0. The molecule has 0 amide bonds. The zero-order valence-electron chi connectivity index (χ0n) is 19.3. The number of piperidine rings is 1. The van der Waals surface area contributed by atoms with Gasteiger partial charge in [-0.15, -0.1) is 0 Å². The number of ether oxygens (including phenoxy) is 1. The van der Waals surface area contributed by atoms with E-state index in [0.717, 1.165) is 5.56 Å². The van der Waals surface area contributed by atoms with Gasteiger partial charge in [-0.05, 0) is 61.4 Å². The molecule has 2 aromatic rings. The summed E-state index contributed by atoms with van der Waals surface area (Å²) in [7, 11) is -3.67. The molecule has 3 rings (SSSR count). The summed E-state index contributed by atoms with van der Waals surface area (Å²) in [4.78, 5) is 24.3. The minimum absolute atomic E-state index is 0.0119. The van der Waals surface area contributed by atoms with Crippen LogP contribution in [0.5, 0.6) is 5.75 Å². The van der Waals surface area contributed by atoms with Crippen LogP contribution in [0.4, 0.5) is 0 Å². The second-order valence-electron chi connectivity index (χ2n) is 9.41. The maximum atomic E-state index is 12.9. The van der Waals surface area contributed by atoms with Crippen molar-refractivity contribution >= 4 is 21.8 Å². The Bertz CT molecular complexity index is 1110. The second kappa shape index (κ2) is 9.16. The Labute approximate surface area is 190 Å². The first kappa shape index (κ1) is 24.1. The van der Waals surface area contributed by atoms with Crippen molar-refractivity contribution in [1.82, 2.24) is 4.31 Å². The van der Waals surface area contributed by atoms with Crippen LogP contribution < -0.4 is 4.74 Å². The van der Waals surface area contributed by atoms with Gasteiger partial charge in [0.05, 0.1) is 10.8 Å². The Hall–Kier alpha value is -2.51. The molecule has 7 heteroatoms. The molecule has 0 atom stereocenters. The van der Waals surface area contributed by atoms with Crippen molar-refractivity contribution in [3.8, 4) is 5.75 Å². The third-order valence-corrected chi connectivity index (χ3v) is 7.85. The summed E-state index contributed by atoms with van der Waals surface area (Å²) >= 11 is 0. The Balaban J connectivity index is 1.62. The summed E-state index contributed by atoms with van der Waals surface area (Å²) in [5.41, 5.74) is 2.55. The lowest BCUT2D eigenvalue weighted by Gasteiger charge is -2.30. The van der Waals surface area contributed by atoms with Gasteiger partial charge in [0, 0.05) is 18.7 Å². The van der Waals surface area contributed by atoms with Crippen LogP contribution in [0, 0.1) is 12.8 Å². The van der Waals surface area contributed by atoms with Crippen molar-refractivity contribution < 1.29 is 22.7 Å². The van der Waals surface area contributed by atoms with Crippen molar-refractivity contribution in [1.29, 1.82) is 0 Å². The number of ketones is 1. The summed E-state index contributed by atoms with van der Waals surface area (Å²) in [6.07, 6.45) is 0.811. The molecule has 0 N–H and O–H groups in total. The van der Waals surface area contributed by atoms with Gasteiger partial charge in [-0.2, -0.15) is 4.31 Å². The van der Waals surface area contributed by atoms with Gasteiger partial charge in [0.25, 0.3) is 0 Å². The quantitative estimate of drug-likeness (QED) is 0.375. The van der Waals surface area contributed by atoms with Crippen LogP contribution in [-0.4, -0.2) is 37.6 Å². The third-order valence-electron chi connectivity index (χ3n) is 5.94. The van der Waals surface area contributed by atoms with Crippen LogP contribution in [0.15, 0.2) is 47.4 Å². The van der Waals surface area contributed by atoms with Crippen molar-refractivity contribution in [3.63, 3.8) is 0 Å². The lowest BCUT2D eigenvalue weighted by molar-refractivity contribution is -0.140. The normalized spacial score (nSPS) is 16.0. The number of carbonyl (C=O) groups excluding carboxylic acids is 2. The highest BCUT2D eigenvalue weighted by molar-refractivity contribution is 7.89. The Morgan fingerprint density at radius 2 is 1.59 bits per heavy atom. The first-order chi connectivity index (χ1) is 14.9. The molecule has 0 saturated carbocycles. The highest BCUT2D eigenvalue weighted by Crippen LogP contribution is 2.30. The number of sulfonamides is 1. The number of Topliss-reactive ketones (excluding diaryl/α,β-unsaturated/α-hetero) is 1. The first-order valence-corrected chi connectivity index (χ1v) is 12.3. The Kier molecular flexibility index (Phi) is 6.91. The van der Waals surface area contributed by atoms with E-state index in [9.17, 15) is 18.0 Å². The molecule has 0 spiro atoms. The molecule has 6 nitrogen and oxygen atoms in total. The highest BCUT2D eigenvalue weighted by Gasteiger charge is 2.33. The maximum Gasteiger partial charge on any atom is 0.314 e. The number of aryl methyl sites for hydroxylation is 1. The van der Waals surface area contributed by atoms with E-state index in [2.05, 4.69) is 20.8 Å². The number of nitrogens with zero attached hydrogens (tertiary/aromatic N) is 1. The van der Waals surface area contributed by atoms with Crippen molar-refractivity contribution in [2.75, 3.05) is 13.1 Å². The van der Waals surface area contributed by atoms with Gasteiger partial charge < -0.3 is 4.74 Å². The predicted octanol–water partition coefficient (Wildman–Crippen LogP) is 4.50. The smallest absolute Gasteiger partial charge is 0.314 e. The number of carbonyl (C=O) groups is 2. The van der Waals surface area contributed by atoms with Crippen molar-refractivity contribution in [3.05, 3.63) is 59.2 Å². The lowest BCUT2D eigenvalue weighted by atomic mass is 9.86. The molecule has 1 saturated heterocycles. The zero-order valence-corrected chi connectivity index (χ0v) is 20.2. The summed E-state index contributed by atoms with van der Waals surface area (Å²) in [5.74, 6) is -0.233. The van der Waals surface area contributed by atoms with Crippen molar-refractivity contribution in [2.45, 2.75) is 57.8 Å². The lowest BCUT2D eigenvalue weighted by Crippen LogP contribution is -2.41. The van der Waals surface area contributed by atoms with Crippen LogP contribution in [0.1, 0.15) is 62.0 Å². The summed E-state index contributed by atoms with van der Waals surface area (Å²) in [6.45, 7) is 10.3.